The second kappa shape index (κ2) is 8.44. The van der Waals surface area contributed by atoms with E-state index in [9.17, 15) is 9.18 Å². The molecule has 27 heavy (non-hydrogen) atoms. The maximum absolute atomic E-state index is 13.1. The van der Waals surface area contributed by atoms with E-state index in [2.05, 4.69) is 48.4 Å². The van der Waals surface area contributed by atoms with Crippen LogP contribution in [0.25, 0.3) is 11.3 Å². The molecule has 0 aliphatic rings. The maximum atomic E-state index is 13.1. The topological polar surface area (TPSA) is 42.0 Å². The monoisotopic (exact) mass is 382 g/mol. The molecule has 0 aliphatic carbocycles. The Morgan fingerprint density at radius 2 is 1.78 bits per heavy atom. The first kappa shape index (κ1) is 19.2. The predicted octanol–water partition coefficient (Wildman–Crippen LogP) is 5.95. The minimum atomic E-state index is -0.276. The number of carbonyl (C=O) groups excluding carboxylic acids is 1. The molecule has 1 amide bonds. The number of benzene rings is 2. The van der Waals surface area contributed by atoms with Crippen molar-refractivity contribution in [2.45, 2.75) is 39.5 Å². The third kappa shape index (κ3) is 5.01. The summed E-state index contributed by atoms with van der Waals surface area (Å²) in [5.74, 6) is 0.176. The Kier molecular flexibility index (Phi) is 6.01. The van der Waals surface area contributed by atoms with Crippen LogP contribution in [0.15, 0.2) is 48.5 Å². The fourth-order valence-corrected chi connectivity index (χ4v) is 3.69. The normalized spacial score (nSPS) is 11.0. The number of halogens is 1. The molecule has 3 rings (SSSR count). The van der Waals surface area contributed by atoms with E-state index in [0.29, 0.717) is 23.9 Å². The molecule has 0 bridgehead atoms. The third-order valence-electron chi connectivity index (χ3n) is 4.45. The molecule has 1 N–H and O–H groups in total. The van der Waals surface area contributed by atoms with E-state index in [4.69, 9.17) is 0 Å². The molecule has 0 saturated heterocycles. The average molecular weight is 383 g/mol. The van der Waals surface area contributed by atoms with E-state index in [1.807, 2.05) is 6.92 Å². The Labute approximate surface area is 163 Å². The molecule has 0 saturated carbocycles. The Hall–Kier alpha value is -2.53. The number of anilines is 1. The zero-order valence-electron chi connectivity index (χ0n) is 15.8. The number of thiazole rings is 1. The Balaban J connectivity index is 1.59. The van der Waals surface area contributed by atoms with Crippen molar-refractivity contribution in [3.8, 4) is 11.3 Å². The lowest BCUT2D eigenvalue weighted by Gasteiger charge is -2.07. The van der Waals surface area contributed by atoms with Crippen molar-refractivity contribution >= 4 is 22.4 Å². The van der Waals surface area contributed by atoms with Crippen LogP contribution in [0.3, 0.4) is 0 Å². The molecule has 1 heterocycles. The summed E-state index contributed by atoms with van der Waals surface area (Å²) >= 11 is 1.43. The van der Waals surface area contributed by atoms with Crippen LogP contribution in [-0.2, 0) is 11.2 Å². The summed E-state index contributed by atoms with van der Waals surface area (Å²) in [6, 6.07) is 14.6. The van der Waals surface area contributed by atoms with E-state index in [-0.39, 0.29) is 11.7 Å². The zero-order valence-corrected chi connectivity index (χ0v) is 16.6. The second-order valence-corrected chi connectivity index (χ2v) is 8.08. The summed E-state index contributed by atoms with van der Waals surface area (Å²) in [6.45, 7) is 6.28. The summed E-state index contributed by atoms with van der Waals surface area (Å²) in [6.07, 6.45) is 1.10. The van der Waals surface area contributed by atoms with Crippen molar-refractivity contribution in [2.75, 3.05) is 5.32 Å². The Morgan fingerprint density at radius 1 is 1.11 bits per heavy atom. The van der Waals surface area contributed by atoms with Crippen LogP contribution in [0.5, 0.6) is 0 Å². The van der Waals surface area contributed by atoms with Crippen LogP contribution >= 0.6 is 11.3 Å². The van der Waals surface area contributed by atoms with Crippen LogP contribution in [0.2, 0.25) is 0 Å². The quantitative estimate of drug-likeness (QED) is 0.572. The van der Waals surface area contributed by atoms with Crippen molar-refractivity contribution in [3.05, 3.63) is 70.4 Å². The predicted molar refractivity (Wildman–Crippen MR) is 110 cm³/mol. The number of amides is 1. The van der Waals surface area contributed by atoms with Gasteiger partial charge in [-0.1, -0.05) is 38.1 Å². The van der Waals surface area contributed by atoms with Gasteiger partial charge in [-0.25, -0.2) is 9.37 Å². The lowest BCUT2D eigenvalue weighted by atomic mass is 10.0. The van der Waals surface area contributed by atoms with Gasteiger partial charge in [0.05, 0.1) is 5.69 Å². The third-order valence-corrected chi connectivity index (χ3v) is 5.33. The number of hydrogen-bond acceptors (Lipinski definition) is 3. The smallest absolute Gasteiger partial charge is 0.226 e. The van der Waals surface area contributed by atoms with Gasteiger partial charge >= 0.3 is 0 Å². The number of hydrogen-bond donors (Lipinski definition) is 1. The van der Waals surface area contributed by atoms with E-state index in [1.165, 1.54) is 29.0 Å². The van der Waals surface area contributed by atoms with Gasteiger partial charge in [-0.05, 0) is 54.7 Å². The molecular formula is C22H23FN2OS. The first-order chi connectivity index (χ1) is 12.9. The van der Waals surface area contributed by atoms with Gasteiger partial charge in [-0.3, -0.25) is 4.79 Å². The largest absolute Gasteiger partial charge is 0.302 e. The van der Waals surface area contributed by atoms with Crippen LogP contribution in [0, 0.1) is 12.7 Å². The SMILES string of the molecule is Cc1sc(NC(=O)CCc2ccc(C(C)C)cc2)nc1-c1ccc(F)cc1. The van der Waals surface area contributed by atoms with Crippen molar-refractivity contribution < 1.29 is 9.18 Å². The van der Waals surface area contributed by atoms with Crippen LogP contribution in [0.1, 0.15) is 42.2 Å². The zero-order chi connectivity index (χ0) is 19.4. The van der Waals surface area contributed by atoms with Gasteiger partial charge in [0, 0.05) is 16.9 Å². The summed E-state index contributed by atoms with van der Waals surface area (Å²) < 4.78 is 13.1. The highest BCUT2D eigenvalue weighted by Crippen LogP contribution is 2.30. The van der Waals surface area contributed by atoms with Crippen LogP contribution in [0.4, 0.5) is 9.52 Å². The molecular weight excluding hydrogens is 359 g/mol. The average Bonchev–Trinajstić information content (AvgIpc) is 3.01. The number of aryl methyl sites for hydroxylation is 2. The molecule has 3 aromatic rings. The molecule has 0 spiro atoms. The van der Waals surface area contributed by atoms with E-state index >= 15 is 0 Å². The van der Waals surface area contributed by atoms with Gasteiger partial charge in [0.2, 0.25) is 5.91 Å². The lowest BCUT2D eigenvalue weighted by Crippen LogP contribution is -2.12. The van der Waals surface area contributed by atoms with Crippen molar-refractivity contribution in [1.29, 1.82) is 0 Å². The number of carbonyl (C=O) groups is 1. The fraction of sp³-hybridized carbons (Fsp3) is 0.273. The molecule has 0 atom stereocenters. The summed E-state index contributed by atoms with van der Waals surface area (Å²) in [7, 11) is 0. The summed E-state index contributed by atoms with van der Waals surface area (Å²) in [5, 5.41) is 3.45. The van der Waals surface area contributed by atoms with Gasteiger partial charge in [-0.15, -0.1) is 11.3 Å². The molecule has 140 valence electrons. The van der Waals surface area contributed by atoms with Crippen molar-refractivity contribution in [2.24, 2.45) is 0 Å². The van der Waals surface area contributed by atoms with Gasteiger partial charge in [0.15, 0.2) is 5.13 Å². The summed E-state index contributed by atoms with van der Waals surface area (Å²) in [4.78, 5) is 17.8. The molecule has 0 fully saturated rings. The molecule has 0 radical (unpaired) electrons. The standard InChI is InChI=1S/C22H23FN2OS/c1-14(2)17-7-4-16(5-8-17)6-13-20(26)24-22-25-21(15(3)27-22)18-9-11-19(23)12-10-18/h4-5,7-12,14H,6,13H2,1-3H3,(H,24,25,26). The van der Waals surface area contributed by atoms with Crippen LogP contribution < -0.4 is 5.32 Å². The molecule has 5 heteroatoms. The molecule has 0 aliphatic heterocycles. The van der Waals surface area contributed by atoms with E-state index in [1.54, 1.807) is 12.1 Å². The molecule has 0 unspecified atom stereocenters. The second-order valence-electron chi connectivity index (χ2n) is 6.88. The van der Waals surface area contributed by atoms with Crippen molar-refractivity contribution in [1.82, 2.24) is 4.98 Å². The van der Waals surface area contributed by atoms with E-state index < -0.39 is 0 Å². The molecule has 3 nitrogen and oxygen atoms in total. The van der Waals surface area contributed by atoms with E-state index in [0.717, 1.165) is 21.7 Å². The number of rotatable bonds is 6. The fourth-order valence-electron chi connectivity index (χ4n) is 2.83. The minimum absolute atomic E-state index is 0.0534. The number of nitrogens with zero attached hydrogens (tertiary/aromatic N) is 1. The highest BCUT2D eigenvalue weighted by atomic mass is 32.1. The van der Waals surface area contributed by atoms with Gasteiger partial charge in [0.25, 0.3) is 0 Å². The van der Waals surface area contributed by atoms with Gasteiger partial charge < -0.3 is 5.32 Å². The van der Waals surface area contributed by atoms with Crippen LogP contribution in [-0.4, -0.2) is 10.9 Å². The Morgan fingerprint density at radius 3 is 2.41 bits per heavy atom. The lowest BCUT2D eigenvalue weighted by molar-refractivity contribution is -0.116. The Bertz CT molecular complexity index is 914. The number of aromatic nitrogens is 1. The van der Waals surface area contributed by atoms with Gasteiger partial charge in [-0.2, -0.15) is 0 Å². The first-order valence-electron chi connectivity index (χ1n) is 9.04. The molecule has 2 aromatic carbocycles. The highest BCUT2D eigenvalue weighted by molar-refractivity contribution is 7.16. The number of nitrogens with one attached hydrogen (secondary N) is 1. The van der Waals surface area contributed by atoms with Crippen molar-refractivity contribution in [3.63, 3.8) is 0 Å². The highest BCUT2D eigenvalue weighted by Gasteiger charge is 2.12. The maximum Gasteiger partial charge on any atom is 0.226 e. The van der Waals surface area contributed by atoms with Gasteiger partial charge in [0.1, 0.15) is 5.82 Å². The summed E-state index contributed by atoms with van der Waals surface area (Å²) in [5.41, 5.74) is 4.07. The minimum Gasteiger partial charge on any atom is -0.302 e. The first-order valence-corrected chi connectivity index (χ1v) is 9.86. The molecule has 1 aromatic heterocycles.